The molecule has 0 saturated carbocycles. The summed E-state index contributed by atoms with van der Waals surface area (Å²) < 4.78 is 0. The maximum atomic E-state index is 11.1. The first-order valence-corrected chi connectivity index (χ1v) is 5.54. The second-order valence-electron chi connectivity index (χ2n) is 3.29. The summed E-state index contributed by atoms with van der Waals surface area (Å²) in [5.74, 6) is 6.54. The summed E-state index contributed by atoms with van der Waals surface area (Å²) in [6.45, 7) is 1.57. The van der Waals surface area contributed by atoms with E-state index in [0.29, 0.717) is 0 Å². The number of rotatable bonds is 1. The molecular formula is C13H10OS. The molecular weight excluding hydrogens is 204 g/mol. The highest BCUT2D eigenvalue weighted by Crippen LogP contribution is 2.16. The molecule has 0 atom stereocenters. The van der Waals surface area contributed by atoms with Crippen LogP contribution in [-0.2, 0) is 0 Å². The van der Waals surface area contributed by atoms with Gasteiger partial charge >= 0.3 is 0 Å². The topological polar surface area (TPSA) is 17.1 Å². The number of allylic oxidation sites excluding steroid dienone is 4. The molecule has 1 aliphatic carbocycles. The Morgan fingerprint density at radius 1 is 1.33 bits per heavy atom. The van der Waals surface area contributed by atoms with Gasteiger partial charge in [0.25, 0.3) is 0 Å². The molecule has 0 unspecified atom stereocenters. The Hall–Kier alpha value is -1.59. The highest BCUT2D eigenvalue weighted by atomic mass is 32.1. The summed E-state index contributed by atoms with van der Waals surface area (Å²) in [7, 11) is 0. The number of hydrogen-bond acceptors (Lipinski definition) is 2. The van der Waals surface area contributed by atoms with Crippen LogP contribution >= 0.6 is 11.3 Å². The van der Waals surface area contributed by atoms with Crippen LogP contribution in [0.25, 0.3) is 0 Å². The summed E-state index contributed by atoms with van der Waals surface area (Å²) in [6.07, 6.45) is 8.09. The first kappa shape index (κ1) is 9.95. The van der Waals surface area contributed by atoms with Gasteiger partial charge in [-0.05, 0) is 19.1 Å². The van der Waals surface area contributed by atoms with E-state index in [-0.39, 0.29) is 11.7 Å². The third-order valence-corrected chi connectivity index (χ3v) is 3.16. The molecule has 0 saturated heterocycles. The average molecular weight is 214 g/mol. The third kappa shape index (κ3) is 2.45. The summed E-state index contributed by atoms with van der Waals surface area (Å²) >= 11 is 1.45. The van der Waals surface area contributed by atoms with Crippen LogP contribution in [-0.4, -0.2) is 5.78 Å². The molecule has 0 fully saturated rings. The van der Waals surface area contributed by atoms with Crippen molar-refractivity contribution in [2.24, 2.45) is 5.92 Å². The van der Waals surface area contributed by atoms with Crippen molar-refractivity contribution in [3.05, 3.63) is 46.2 Å². The fourth-order valence-electron chi connectivity index (χ4n) is 1.28. The van der Waals surface area contributed by atoms with Crippen molar-refractivity contribution in [3.8, 4) is 11.8 Å². The van der Waals surface area contributed by atoms with Gasteiger partial charge in [-0.25, -0.2) is 0 Å². The SMILES string of the molecule is CC(=O)c1ccc(C#CC2C=CC=C2)s1. The summed E-state index contributed by atoms with van der Waals surface area (Å²) in [5, 5.41) is 0. The van der Waals surface area contributed by atoms with Gasteiger partial charge in [-0.15, -0.1) is 11.3 Å². The molecule has 2 heteroatoms. The van der Waals surface area contributed by atoms with Crippen molar-refractivity contribution in [1.29, 1.82) is 0 Å². The van der Waals surface area contributed by atoms with Crippen molar-refractivity contribution < 1.29 is 4.79 Å². The molecule has 0 amide bonds. The Labute approximate surface area is 93.1 Å². The van der Waals surface area contributed by atoms with Crippen LogP contribution < -0.4 is 0 Å². The van der Waals surface area contributed by atoms with Crippen molar-refractivity contribution in [2.75, 3.05) is 0 Å². The summed E-state index contributed by atoms with van der Waals surface area (Å²) in [4.78, 5) is 12.8. The minimum Gasteiger partial charge on any atom is -0.294 e. The van der Waals surface area contributed by atoms with Crippen LogP contribution in [0.1, 0.15) is 21.5 Å². The maximum Gasteiger partial charge on any atom is 0.169 e. The van der Waals surface area contributed by atoms with E-state index >= 15 is 0 Å². The summed E-state index contributed by atoms with van der Waals surface area (Å²) in [5.41, 5.74) is 0. The van der Waals surface area contributed by atoms with Gasteiger partial charge in [-0.3, -0.25) is 4.79 Å². The Morgan fingerprint density at radius 3 is 2.67 bits per heavy atom. The lowest BCUT2D eigenvalue weighted by molar-refractivity contribution is 0.102. The Morgan fingerprint density at radius 2 is 2.07 bits per heavy atom. The first-order valence-electron chi connectivity index (χ1n) is 4.73. The number of carbonyl (C=O) groups is 1. The fraction of sp³-hybridized carbons (Fsp3) is 0.154. The van der Waals surface area contributed by atoms with E-state index in [1.54, 1.807) is 6.92 Å². The molecule has 1 aromatic heterocycles. The number of thiophene rings is 1. The van der Waals surface area contributed by atoms with Crippen molar-refractivity contribution >= 4 is 17.1 Å². The van der Waals surface area contributed by atoms with Gasteiger partial charge in [0.15, 0.2) is 5.78 Å². The summed E-state index contributed by atoms with van der Waals surface area (Å²) in [6, 6.07) is 3.73. The molecule has 0 aromatic carbocycles. The maximum absolute atomic E-state index is 11.1. The standard InChI is InChI=1S/C13H10OS/c1-10(14)13-9-8-12(15-13)7-6-11-4-2-3-5-11/h2-5,8-9,11H,1H3. The minimum absolute atomic E-state index is 0.105. The smallest absolute Gasteiger partial charge is 0.169 e. The second-order valence-corrected chi connectivity index (χ2v) is 4.37. The van der Waals surface area contributed by atoms with Crippen LogP contribution in [0.15, 0.2) is 36.4 Å². The molecule has 0 aliphatic heterocycles. The number of ketones is 1. The van der Waals surface area contributed by atoms with Crippen LogP contribution in [0.4, 0.5) is 0 Å². The normalized spacial score (nSPS) is 13.9. The highest BCUT2D eigenvalue weighted by Gasteiger charge is 2.02. The Kier molecular flexibility index (Phi) is 2.84. The molecule has 1 aromatic rings. The number of Topliss-reactive ketones (excluding diaryl/α,β-unsaturated/α-hetero) is 1. The number of hydrogen-bond donors (Lipinski definition) is 0. The van der Waals surface area contributed by atoms with Crippen molar-refractivity contribution in [3.63, 3.8) is 0 Å². The molecule has 1 nitrogen and oxygen atoms in total. The first-order chi connectivity index (χ1) is 7.25. The van der Waals surface area contributed by atoms with Gasteiger partial charge < -0.3 is 0 Å². The zero-order chi connectivity index (χ0) is 10.7. The predicted octanol–water partition coefficient (Wildman–Crippen LogP) is 3.04. The van der Waals surface area contributed by atoms with Crippen LogP contribution in [0.3, 0.4) is 0 Å². The lowest BCUT2D eigenvalue weighted by atomic mass is 10.2. The van der Waals surface area contributed by atoms with E-state index in [0.717, 1.165) is 9.75 Å². The van der Waals surface area contributed by atoms with Gasteiger partial charge in [0.2, 0.25) is 0 Å². The Balaban J connectivity index is 2.13. The molecule has 0 radical (unpaired) electrons. The molecule has 1 aliphatic rings. The molecule has 0 bridgehead atoms. The van der Waals surface area contributed by atoms with Crippen molar-refractivity contribution in [1.82, 2.24) is 0 Å². The van der Waals surface area contributed by atoms with Gasteiger partial charge in [0.1, 0.15) is 0 Å². The molecule has 74 valence electrons. The number of carbonyl (C=O) groups excluding carboxylic acids is 1. The van der Waals surface area contributed by atoms with E-state index in [1.807, 2.05) is 36.4 Å². The van der Waals surface area contributed by atoms with Gasteiger partial charge in [-0.1, -0.05) is 36.1 Å². The van der Waals surface area contributed by atoms with Gasteiger partial charge in [0.05, 0.1) is 15.7 Å². The predicted molar refractivity (Wildman–Crippen MR) is 63.0 cm³/mol. The van der Waals surface area contributed by atoms with Crippen LogP contribution in [0.5, 0.6) is 0 Å². The van der Waals surface area contributed by atoms with E-state index in [4.69, 9.17) is 0 Å². The largest absolute Gasteiger partial charge is 0.294 e. The van der Waals surface area contributed by atoms with Crippen LogP contribution in [0.2, 0.25) is 0 Å². The van der Waals surface area contributed by atoms with E-state index in [9.17, 15) is 4.79 Å². The fourth-order valence-corrected chi connectivity index (χ4v) is 2.04. The van der Waals surface area contributed by atoms with E-state index in [2.05, 4.69) is 11.8 Å². The molecule has 0 N–H and O–H groups in total. The van der Waals surface area contributed by atoms with Crippen LogP contribution in [0, 0.1) is 17.8 Å². The lowest BCUT2D eigenvalue weighted by Crippen LogP contribution is -1.83. The monoisotopic (exact) mass is 214 g/mol. The molecule has 0 spiro atoms. The second kappa shape index (κ2) is 4.29. The molecule has 15 heavy (non-hydrogen) atoms. The van der Waals surface area contributed by atoms with Gasteiger partial charge in [0, 0.05) is 0 Å². The molecule has 1 heterocycles. The molecule has 2 rings (SSSR count). The lowest BCUT2D eigenvalue weighted by Gasteiger charge is -1.88. The highest BCUT2D eigenvalue weighted by molar-refractivity contribution is 7.14. The van der Waals surface area contributed by atoms with Crippen molar-refractivity contribution in [2.45, 2.75) is 6.92 Å². The van der Waals surface area contributed by atoms with E-state index in [1.165, 1.54) is 11.3 Å². The Bertz CT molecular complexity index is 482. The zero-order valence-electron chi connectivity index (χ0n) is 8.36. The average Bonchev–Trinajstić information content (AvgIpc) is 2.86. The minimum atomic E-state index is 0.105. The third-order valence-electron chi connectivity index (χ3n) is 2.06. The van der Waals surface area contributed by atoms with E-state index < -0.39 is 0 Å². The quantitative estimate of drug-likeness (QED) is 0.518. The zero-order valence-corrected chi connectivity index (χ0v) is 9.17. The van der Waals surface area contributed by atoms with Gasteiger partial charge in [-0.2, -0.15) is 0 Å².